The molecule has 0 saturated heterocycles. The summed E-state index contributed by atoms with van der Waals surface area (Å²) in [6.07, 6.45) is -8.06. The number of sulfone groups is 1. The van der Waals surface area contributed by atoms with Gasteiger partial charge in [-0.15, -0.1) is 0 Å². The Kier molecular flexibility index (Phi) is 7.57. The first-order chi connectivity index (χ1) is 18.4. The van der Waals surface area contributed by atoms with Gasteiger partial charge in [0.15, 0.2) is 22.0 Å². The molecule has 1 aromatic carbocycles. The molecule has 1 atom stereocenters. The van der Waals surface area contributed by atoms with Crippen molar-refractivity contribution in [2.75, 3.05) is 23.9 Å². The second-order valence-electron chi connectivity index (χ2n) is 9.82. The Morgan fingerprint density at radius 1 is 1.23 bits per heavy atom. The number of alkyl halides is 6. The highest BCUT2D eigenvalue weighted by Crippen LogP contribution is 2.46. The lowest BCUT2D eigenvalue weighted by Crippen LogP contribution is -2.60. The molecule has 17 heteroatoms. The minimum absolute atomic E-state index is 0.0953. The fourth-order valence-electron chi connectivity index (χ4n) is 4.42. The van der Waals surface area contributed by atoms with Crippen molar-refractivity contribution in [3.8, 4) is 5.75 Å². The Bertz CT molecular complexity index is 1430. The van der Waals surface area contributed by atoms with Crippen LogP contribution in [0.1, 0.15) is 40.9 Å². The number of carbonyl (C=O) groups is 2. The van der Waals surface area contributed by atoms with E-state index in [4.69, 9.17) is 0 Å². The number of aryl methyl sites for hydroxylation is 1. The van der Waals surface area contributed by atoms with E-state index < -0.39 is 86.7 Å². The van der Waals surface area contributed by atoms with E-state index in [1.807, 2.05) is 0 Å². The molecule has 2 N–H and O–H groups in total. The zero-order valence-corrected chi connectivity index (χ0v) is 21.6. The number of benzene rings is 1. The van der Waals surface area contributed by atoms with Gasteiger partial charge in [0, 0.05) is 30.9 Å². The zero-order chi connectivity index (χ0) is 29.7. The molecule has 2 heterocycles. The fourth-order valence-corrected chi connectivity index (χ4v) is 4.96. The van der Waals surface area contributed by atoms with Crippen molar-refractivity contribution in [2.45, 2.75) is 50.1 Å². The van der Waals surface area contributed by atoms with E-state index in [9.17, 15) is 44.3 Å². The molecule has 40 heavy (non-hydrogen) atoms. The summed E-state index contributed by atoms with van der Waals surface area (Å²) in [5, 5.41) is 8.13. The van der Waals surface area contributed by atoms with Gasteiger partial charge in [-0.1, -0.05) is 12.8 Å². The summed E-state index contributed by atoms with van der Waals surface area (Å²) in [6, 6.07) is 1.63. The van der Waals surface area contributed by atoms with Crippen LogP contribution in [-0.2, 0) is 33.1 Å². The average Bonchev–Trinajstić information content (AvgIpc) is 3.55. The molecule has 2 amide bonds. The Morgan fingerprint density at radius 3 is 2.45 bits per heavy atom. The second-order valence-corrected chi connectivity index (χ2v) is 12.0. The standard InChI is InChI=1S/C23H23F7N4O5S/c1-40(37,38)10-17(35)31-19-18-16(33-34(19)7-6-12-2-3-12)9-21(23(28,29)30,32-20(18)36)14-5-4-13(8-15(14)24)39-11-22(25,26)27/h4-5,8,12H,2-3,6-7,9-11H2,1H3,(H,31,35)(H,32,36)/t21-/m0/s1. The molecule has 4 rings (SSSR count). The van der Waals surface area contributed by atoms with E-state index in [0.717, 1.165) is 23.8 Å². The lowest BCUT2D eigenvalue weighted by Gasteiger charge is -2.39. The summed E-state index contributed by atoms with van der Waals surface area (Å²) in [5.74, 6) is -5.63. The van der Waals surface area contributed by atoms with Gasteiger partial charge in [0.25, 0.3) is 5.91 Å². The first-order valence-electron chi connectivity index (χ1n) is 11.8. The van der Waals surface area contributed by atoms with Gasteiger partial charge in [-0.25, -0.2) is 17.5 Å². The van der Waals surface area contributed by atoms with Crippen molar-refractivity contribution >= 4 is 27.5 Å². The van der Waals surface area contributed by atoms with E-state index in [1.54, 1.807) is 5.32 Å². The number of nitrogens with one attached hydrogen (secondary N) is 2. The molecule has 9 nitrogen and oxygen atoms in total. The third kappa shape index (κ3) is 6.50. The Morgan fingerprint density at radius 2 is 1.90 bits per heavy atom. The fraction of sp³-hybridized carbons (Fsp3) is 0.522. The summed E-state index contributed by atoms with van der Waals surface area (Å²) in [6.45, 7) is -1.71. The SMILES string of the molecule is CS(=O)(=O)CC(=O)Nc1c2c(nn1CCC1CC1)C[C@](c1ccc(OCC(F)(F)F)cc1F)(C(F)(F)F)NC2=O. The van der Waals surface area contributed by atoms with Gasteiger partial charge < -0.3 is 15.4 Å². The van der Waals surface area contributed by atoms with Crippen molar-refractivity contribution in [2.24, 2.45) is 5.92 Å². The van der Waals surface area contributed by atoms with Crippen LogP contribution in [0.15, 0.2) is 18.2 Å². The molecule has 1 aromatic heterocycles. The Hall–Kier alpha value is -3.37. The Labute approximate surface area is 223 Å². The number of anilines is 1. The van der Waals surface area contributed by atoms with E-state index in [0.29, 0.717) is 30.5 Å². The number of hydrogen-bond donors (Lipinski definition) is 2. The zero-order valence-electron chi connectivity index (χ0n) is 20.7. The van der Waals surface area contributed by atoms with E-state index >= 15 is 4.39 Å². The van der Waals surface area contributed by atoms with Crippen molar-refractivity contribution < 1.29 is 53.5 Å². The van der Waals surface area contributed by atoms with Gasteiger partial charge in [0.1, 0.15) is 28.7 Å². The third-order valence-corrected chi connectivity index (χ3v) is 7.18. The van der Waals surface area contributed by atoms with Crippen molar-refractivity contribution in [1.29, 1.82) is 0 Å². The van der Waals surface area contributed by atoms with Crippen molar-refractivity contribution in [3.63, 3.8) is 0 Å². The highest BCUT2D eigenvalue weighted by molar-refractivity contribution is 7.91. The molecule has 0 unspecified atom stereocenters. The molecule has 2 aliphatic rings. The summed E-state index contributed by atoms with van der Waals surface area (Å²) in [5.41, 5.74) is -5.34. The smallest absolute Gasteiger partial charge is 0.422 e. The molecule has 1 aliphatic carbocycles. The normalized spacial score (nSPS) is 19.6. The summed E-state index contributed by atoms with van der Waals surface area (Å²) < 4.78 is 125. The molecule has 1 saturated carbocycles. The number of hydrogen-bond acceptors (Lipinski definition) is 6. The van der Waals surface area contributed by atoms with E-state index in [-0.39, 0.29) is 12.4 Å². The number of rotatable bonds is 9. The molecule has 2 aromatic rings. The maximum Gasteiger partial charge on any atom is 0.422 e. The topological polar surface area (TPSA) is 119 Å². The van der Waals surface area contributed by atoms with Gasteiger partial charge in [0.2, 0.25) is 5.91 Å². The van der Waals surface area contributed by atoms with E-state index in [1.165, 1.54) is 0 Å². The lowest BCUT2D eigenvalue weighted by atomic mass is 9.80. The number of halogens is 7. The van der Waals surface area contributed by atoms with Crippen LogP contribution in [-0.4, -0.2) is 61.0 Å². The minimum atomic E-state index is -5.31. The predicted molar refractivity (Wildman–Crippen MR) is 125 cm³/mol. The summed E-state index contributed by atoms with van der Waals surface area (Å²) in [4.78, 5) is 25.5. The first-order valence-corrected chi connectivity index (χ1v) is 13.9. The van der Waals surface area contributed by atoms with Crippen LogP contribution in [0.2, 0.25) is 0 Å². The number of fused-ring (bicyclic) bond motifs is 1. The lowest BCUT2D eigenvalue weighted by molar-refractivity contribution is -0.199. The average molecular weight is 601 g/mol. The van der Waals surface area contributed by atoms with Crippen LogP contribution in [0.5, 0.6) is 5.75 Å². The number of nitrogens with zero attached hydrogens (tertiary/aromatic N) is 2. The Balaban J connectivity index is 1.74. The number of aromatic nitrogens is 2. The molecule has 220 valence electrons. The van der Waals surface area contributed by atoms with Crippen LogP contribution in [0.3, 0.4) is 0 Å². The van der Waals surface area contributed by atoms with Crippen LogP contribution >= 0.6 is 0 Å². The largest absolute Gasteiger partial charge is 0.484 e. The van der Waals surface area contributed by atoms with Gasteiger partial charge in [-0.2, -0.15) is 31.4 Å². The monoisotopic (exact) mass is 600 g/mol. The van der Waals surface area contributed by atoms with Crippen LogP contribution in [0, 0.1) is 11.7 Å². The van der Waals surface area contributed by atoms with Crippen LogP contribution in [0.25, 0.3) is 0 Å². The number of amides is 2. The quantitative estimate of drug-likeness (QED) is 0.426. The molecule has 0 radical (unpaired) electrons. The minimum Gasteiger partial charge on any atom is -0.484 e. The molecule has 0 spiro atoms. The maximum absolute atomic E-state index is 15.0. The summed E-state index contributed by atoms with van der Waals surface area (Å²) in [7, 11) is -3.79. The number of carbonyl (C=O) groups excluding carboxylic acids is 2. The van der Waals surface area contributed by atoms with Crippen LogP contribution in [0.4, 0.5) is 36.6 Å². The second kappa shape index (κ2) is 10.2. The molecule has 1 aliphatic heterocycles. The van der Waals surface area contributed by atoms with Gasteiger partial charge in [-0.3, -0.25) is 9.59 Å². The van der Waals surface area contributed by atoms with Crippen LogP contribution < -0.4 is 15.4 Å². The maximum atomic E-state index is 15.0. The molecular formula is C23H23F7N4O5S. The molecule has 1 fully saturated rings. The summed E-state index contributed by atoms with van der Waals surface area (Å²) >= 11 is 0. The molecule has 0 bridgehead atoms. The third-order valence-electron chi connectivity index (χ3n) is 6.40. The van der Waals surface area contributed by atoms with Gasteiger partial charge >= 0.3 is 12.4 Å². The van der Waals surface area contributed by atoms with Crippen molar-refractivity contribution in [3.05, 3.63) is 40.8 Å². The van der Waals surface area contributed by atoms with Gasteiger partial charge in [-0.05, 0) is 24.5 Å². The van der Waals surface area contributed by atoms with E-state index in [2.05, 4.69) is 15.2 Å². The highest BCUT2D eigenvalue weighted by Gasteiger charge is 2.61. The van der Waals surface area contributed by atoms with Gasteiger partial charge in [0.05, 0.1) is 5.69 Å². The predicted octanol–water partition coefficient (Wildman–Crippen LogP) is 3.49. The van der Waals surface area contributed by atoms with Crippen molar-refractivity contribution in [1.82, 2.24) is 15.1 Å². The highest BCUT2D eigenvalue weighted by atomic mass is 32.2. The molecular weight excluding hydrogens is 577 g/mol. The first kappa shape index (κ1) is 29.6. The number of ether oxygens (including phenoxy) is 1.